The monoisotopic (exact) mass is 908 g/mol. The number of carbonyl (C=O) groups is 9. The highest BCUT2D eigenvalue weighted by molar-refractivity contribution is 5.87. The lowest BCUT2D eigenvalue weighted by Crippen LogP contribution is -2.34. The van der Waals surface area contributed by atoms with Crippen LogP contribution in [0, 0.1) is 11.8 Å². The van der Waals surface area contributed by atoms with Crippen LogP contribution in [0.1, 0.15) is 167 Å². The van der Waals surface area contributed by atoms with Crippen LogP contribution in [0.3, 0.4) is 0 Å². The molecule has 0 aromatic rings. The molecule has 0 aliphatic rings. The van der Waals surface area contributed by atoms with Crippen LogP contribution >= 0.6 is 0 Å². The average molecular weight is 908 g/mol. The van der Waals surface area contributed by atoms with Gasteiger partial charge in [0, 0.05) is 96.1 Å². The fourth-order valence-corrected chi connectivity index (χ4v) is 7.00. The van der Waals surface area contributed by atoms with E-state index in [0.717, 1.165) is 57.8 Å². The maximum absolute atomic E-state index is 13.5. The minimum absolute atomic E-state index is 0.00472. The smallest absolute Gasteiger partial charge is 0.233 e. The summed E-state index contributed by atoms with van der Waals surface area (Å²) in [5, 5.41) is 17.0. The molecule has 0 saturated carbocycles. The van der Waals surface area contributed by atoms with Crippen molar-refractivity contribution in [3.05, 3.63) is 0 Å². The Hall–Kier alpha value is -4.29. The molecule has 0 fully saturated rings. The number of unbranched alkanes of at least 4 members (excludes halogenated alkanes) is 10. The topological polar surface area (TPSA) is 304 Å². The second-order valence-corrected chi connectivity index (χ2v) is 16.6. The molecular weight excluding hydrogens is 823 g/mol. The fourth-order valence-electron chi connectivity index (χ4n) is 7.00. The van der Waals surface area contributed by atoms with E-state index in [1.807, 2.05) is 6.92 Å². The molecule has 0 saturated heterocycles. The van der Waals surface area contributed by atoms with Crippen molar-refractivity contribution in [1.82, 2.24) is 31.9 Å². The quantitative estimate of drug-likeness (QED) is 0.0398. The van der Waals surface area contributed by atoms with Crippen LogP contribution < -0.4 is 49.1 Å². The number of rotatable bonds is 44. The third-order valence-corrected chi connectivity index (χ3v) is 11.0. The normalized spacial score (nSPS) is 11.8. The van der Waals surface area contributed by atoms with Gasteiger partial charge in [-0.2, -0.15) is 0 Å². The summed E-state index contributed by atoms with van der Waals surface area (Å²) in [4.78, 5) is 111. The minimum atomic E-state index is -0.528. The van der Waals surface area contributed by atoms with Crippen LogP contribution in [0.2, 0.25) is 0 Å². The van der Waals surface area contributed by atoms with Gasteiger partial charge in [-0.05, 0) is 77.0 Å². The van der Waals surface area contributed by atoms with Gasteiger partial charge >= 0.3 is 0 Å². The second kappa shape index (κ2) is 41.4. The molecule has 0 radical (unpaired) electrons. The summed E-state index contributed by atoms with van der Waals surface area (Å²) in [6.45, 7) is 4.46. The molecule has 64 heavy (non-hydrogen) atoms. The largest absolute Gasteiger partial charge is 0.356 e. The lowest BCUT2D eigenvalue weighted by Gasteiger charge is -2.18. The van der Waals surface area contributed by atoms with E-state index in [-0.39, 0.29) is 85.3 Å². The minimum Gasteiger partial charge on any atom is -0.356 e. The van der Waals surface area contributed by atoms with E-state index in [0.29, 0.717) is 129 Å². The molecule has 6 amide bonds. The standard InChI is InChI=1S/C46H85N9O9/c1-2-38(56)21-7-3-16-29-54-45(63)37(32-40(58)23-9-5-14-26-52-43(61)34-48)20-12-18-30-55-46(64)36(31-39(57)22-8-4-13-25-51-42(60)33-47)19-11-17-28-50-41(59)24-10-6-15-27-53-44(62)35-49/h36-37H,2-35,47-49H2,1H3,(H,50,59)(H,51,60)(H,52,61)(H,53,62)(H,54,63)(H,55,64). The van der Waals surface area contributed by atoms with Gasteiger partial charge in [-0.25, -0.2) is 0 Å². The van der Waals surface area contributed by atoms with Gasteiger partial charge in [-0.3, -0.25) is 43.2 Å². The van der Waals surface area contributed by atoms with Gasteiger partial charge in [0.05, 0.1) is 19.6 Å². The maximum atomic E-state index is 13.5. The van der Waals surface area contributed by atoms with Crippen molar-refractivity contribution >= 4 is 52.8 Å². The molecule has 0 heterocycles. The Bertz CT molecular complexity index is 1370. The van der Waals surface area contributed by atoms with Gasteiger partial charge in [0.1, 0.15) is 17.3 Å². The first-order chi connectivity index (χ1) is 30.9. The summed E-state index contributed by atoms with van der Waals surface area (Å²) in [6, 6.07) is 0. The predicted octanol–water partition coefficient (Wildman–Crippen LogP) is 2.27. The molecular formula is C46H85N9O9. The van der Waals surface area contributed by atoms with E-state index >= 15 is 0 Å². The lowest BCUT2D eigenvalue weighted by molar-refractivity contribution is -0.130. The van der Waals surface area contributed by atoms with E-state index in [1.165, 1.54) is 0 Å². The molecule has 0 bridgehead atoms. The molecule has 0 aliphatic heterocycles. The molecule has 0 rings (SSSR count). The zero-order valence-corrected chi connectivity index (χ0v) is 39.1. The van der Waals surface area contributed by atoms with Gasteiger partial charge in [-0.15, -0.1) is 0 Å². The molecule has 368 valence electrons. The van der Waals surface area contributed by atoms with Gasteiger partial charge in [0.2, 0.25) is 35.4 Å². The number of hydrogen-bond acceptors (Lipinski definition) is 12. The van der Waals surface area contributed by atoms with Crippen LogP contribution in [-0.2, 0) is 43.2 Å². The summed E-state index contributed by atoms with van der Waals surface area (Å²) in [7, 11) is 0. The fraction of sp³-hybridized carbons (Fsp3) is 0.804. The van der Waals surface area contributed by atoms with Crippen LogP contribution in [-0.4, -0.2) is 112 Å². The summed E-state index contributed by atoms with van der Waals surface area (Å²) in [6.07, 6.45) is 14.6. The van der Waals surface area contributed by atoms with E-state index in [1.54, 1.807) is 0 Å². The first kappa shape index (κ1) is 59.7. The molecule has 12 N–H and O–H groups in total. The number of nitrogens with two attached hydrogens (primary N) is 3. The van der Waals surface area contributed by atoms with Gasteiger partial charge in [-0.1, -0.05) is 45.4 Å². The Morgan fingerprint density at radius 3 is 0.984 bits per heavy atom. The number of nitrogens with one attached hydrogen (secondary N) is 6. The number of Topliss-reactive ketones (excluding diaryl/α,β-unsaturated/α-hetero) is 3. The van der Waals surface area contributed by atoms with E-state index in [9.17, 15) is 43.2 Å². The zero-order chi connectivity index (χ0) is 47.6. The Kier molecular flexibility index (Phi) is 38.6. The van der Waals surface area contributed by atoms with Crippen molar-refractivity contribution in [3.63, 3.8) is 0 Å². The molecule has 0 aromatic heterocycles. The summed E-state index contributed by atoms with van der Waals surface area (Å²) >= 11 is 0. The molecule has 18 heteroatoms. The molecule has 2 atom stereocenters. The lowest BCUT2D eigenvalue weighted by atomic mass is 9.92. The Morgan fingerprint density at radius 2 is 0.641 bits per heavy atom. The van der Waals surface area contributed by atoms with E-state index < -0.39 is 11.8 Å². The van der Waals surface area contributed by atoms with Crippen LogP contribution in [0.15, 0.2) is 0 Å². The van der Waals surface area contributed by atoms with Gasteiger partial charge in [0.15, 0.2) is 0 Å². The van der Waals surface area contributed by atoms with Gasteiger partial charge < -0.3 is 49.1 Å². The highest BCUT2D eigenvalue weighted by atomic mass is 16.2. The molecule has 18 nitrogen and oxygen atoms in total. The Balaban J connectivity index is 5.12. The third-order valence-electron chi connectivity index (χ3n) is 11.0. The van der Waals surface area contributed by atoms with Crippen molar-refractivity contribution in [2.45, 2.75) is 167 Å². The average Bonchev–Trinajstić information content (AvgIpc) is 3.28. The van der Waals surface area contributed by atoms with Crippen molar-refractivity contribution < 1.29 is 43.2 Å². The van der Waals surface area contributed by atoms with Crippen LogP contribution in [0.5, 0.6) is 0 Å². The van der Waals surface area contributed by atoms with Crippen molar-refractivity contribution in [3.8, 4) is 0 Å². The SMILES string of the molecule is CCC(=O)CCCCCNC(=O)C(CCCCNC(=O)C(CCCCNC(=O)CCCCCNC(=O)CN)CC(=O)CCCCCNC(=O)CN)CC(=O)CCCCCNC(=O)CN. The van der Waals surface area contributed by atoms with Crippen molar-refractivity contribution in [1.29, 1.82) is 0 Å². The van der Waals surface area contributed by atoms with Crippen LogP contribution in [0.4, 0.5) is 0 Å². The third kappa shape index (κ3) is 36.1. The van der Waals surface area contributed by atoms with E-state index in [2.05, 4.69) is 31.9 Å². The van der Waals surface area contributed by atoms with Crippen molar-refractivity contribution in [2.75, 3.05) is 58.9 Å². The zero-order valence-electron chi connectivity index (χ0n) is 39.1. The van der Waals surface area contributed by atoms with E-state index in [4.69, 9.17) is 17.2 Å². The summed E-state index contributed by atoms with van der Waals surface area (Å²) in [5.74, 6) is -1.90. The Labute approximate surface area is 382 Å². The second-order valence-electron chi connectivity index (χ2n) is 16.6. The predicted molar refractivity (Wildman–Crippen MR) is 248 cm³/mol. The molecule has 0 aromatic carbocycles. The number of ketones is 3. The number of amides is 6. The molecule has 2 unspecified atom stereocenters. The first-order valence-corrected chi connectivity index (χ1v) is 24.1. The number of hydrogen-bond donors (Lipinski definition) is 9. The summed E-state index contributed by atoms with van der Waals surface area (Å²) < 4.78 is 0. The Morgan fingerprint density at radius 1 is 0.344 bits per heavy atom. The molecule has 0 spiro atoms. The maximum Gasteiger partial charge on any atom is 0.233 e. The van der Waals surface area contributed by atoms with Crippen LogP contribution in [0.25, 0.3) is 0 Å². The van der Waals surface area contributed by atoms with Crippen molar-refractivity contribution in [2.24, 2.45) is 29.0 Å². The molecule has 0 aliphatic carbocycles. The van der Waals surface area contributed by atoms with Gasteiger partial charge in [0.25, 0.3) is 0 Å². The highest BCUT2D eigenvalue weighted by Gasteiger charge is 2.23. The first-order valence-electron chi connectivity index (χ1n) is 24.1. The highest BCUT2D eigenvalue weighted by Crippen LogP contribution is 2.19. The number of carbonyl (C=O) groups excluding carboxylic acids is 9. The summed E-state index contributed by atoms with van der Waals surface area (Å²) in [5.41, 5.74) is 15.9.